The lowest BCUT2D eigenvalue weighted by molar-refractivity contribution is -0.153. The average molecular weight is 412 g/mol. The first-order chi connectivity index (χ1) is 14.4. The third-order valence-electron chi connectivity index (χ3n) is 7.69. The molecule has 0 radical (unpaired) electrons. The van der Waals surface area contributed by atoms with Crippen LogP contribution in [0, 0.1) is 40.8 Å². The molecule has 1 amide bonds. The van der Waals surface area contributed by atoms with Crippen LogP contribution in [0.5, 0.6) is 0 Å². The maximum Gasteiger partial charge on any atom is 0.237 e. The quantitative estimate of drug-likeness (QED) is 0.628. The van der Waals surface area contributed by atoms with Crippen LogP contribution in [-0.4, -0.2) is 40.9 Å². The second kappa shape index (κ2) is 8.67. The molecule has 0 heterocycles. The van der Waals surface area contributed by atoms with E-state index >= 15 is 0 Å². The Morgan fingerprint density at radius 3 is 2.23 bits per heavy atom. The fourth-order valence-electron chi connectivity index (χ4n) is 6.70. The number of nitriles is 1. The maximum atomic E-state index is 13.7. The number of benzene rings is 1. The zero-order valence-corrected chi connectivity index (χ0v) is 18.3. The van der Waals surface area contributed by atoms with Crippen LogP contribution < -0.4 is 0 Å². The van der Waals surface area contributed by atoms with Gasteiger partial charge in [0.05, 0.1) is 18.5 Å². The van der Waals surface area contributed by atoms with Crippen LogP contribution in [0.3, 0.4) is 0 Å². The molecule has 4 aliphatic rings. The number of rotatable bonds is 8. The van der Waals surface area contributed by atoms with Gasteiger partial charge in [0.1, 0.15) is 5.82 Å². The van der Waals surface area contributed by atoms with E-state index in [1.54, 1.807) is 0 Å². The van der Waals surface area contributed by atoms with Gasteiger partial charge in [-0.05, 0) is 87.4 Å². The van der Waals surface area contributed by atoms with E-state index in [9.17, 15) is 14.4 Å². The van der Waals surface area contributed by atoms with Crippen LogP contribution in [0.2, 0.25) is 0 Å². The molecule has 4 nitrogen and oxygen atoms in total. The lowest BCUT2D eigenvalue weighted by Gasteiger charge is -2.60. The Morgan fingerprint density at radius 2 is 1.73 bits per heavy atom. The van der Waals surface area contributed by atoms with Crippen molar-refractivity contribution in [1.82, 2.24) is 9.80 Å². The van der Waals surface area contributed by atoms with Crippen molar-refractivity contribution in [3.05, 3.63) is 35.6 Å². The lowest BCUT2D eigenvalue weighted by atomic mass is 9.52. The predicted octanol–water partition coefficient (Wildman–Crippen LogP) is 4.60. The molecule has 0 aliphatic heterocycles. The number of halogens is 1. The Balaban J connectivity index is 1.58. The third kappa shape index (κ3) is 4.39. The van der Waals surface area contributed by atoms with Gasteiger partial charge in [-0.1, -0.05) is 19.1 Å². The summed E-state index contributed by atoms with van der Waals surface area (Å²) >= 11 is 0. The van der Waals surface area contributed by atoms with Crippen LogP contribution in [0.25, 0.3) is 0 Å². The standard InChI is InChI=1S/C25H34FN3O/c1-3-28(15-18(2)14-27)17-24(30)29(16-19-4-6-23(26)7-5-19)25-11-20-8-21(12-25)10-22(9-20)13-25/h4-7,18,20-22H,3,8-13,15-17H2,1-2H3. The van der Waals surface area contributed by atoms with E-state index in [2.05, 4.69) is 15.9 Å². The molecule has 1 aromatic carbocycles. The van der Waals surface area contributed by atoms with Crippen LogP contribution in [-0.2, 0) is 11.3 Å². The van der Waals surface area contributed by atoms with E-state index in [1.807, 2.05) is 26.0 Å². The monoisotopic (exact) mass is 411 g/mol. The van der Waals surface area contributed by atoms with E-state index in [-0.39, 0.29) is 23.2 Å². The lowest BCUT2D eigenvalue weighted by Crippen LogP contribution is -2.62. The number of hydrogen-bond acceptors (Lipinski definition) is 3. The summed E-state index contributed by atoms with van der Waals surface area (Å²) in [5.41, 5.74) is 0.953. The molecule has 4 bridgehead atoms. The molecular formula is C25H34FN3O. The van der Waals surface area contributed by atoms with Crippen molar-refractivity contribution in [2.45, 2.75) is 64.5 Å². The molecule has 5 heteroatoms. The average Bonchev–Trinajstić information content (AvgIpc) is 2.71. The Hall–Kier alpha value is -1.93. The zero-order valence-electron chi connectivity index (χ0n) is 18.3. The number of amides is 1. The minimum absolute atomic E-state index is 0.0412. The summed E-state index contributed by atoms with van der Waals surface area (Å²) in [6, 6.07) is 8.89. The van der Waals surface area contributed by atoms with Crippen LogP contribution in [0.15, 0.2) is 24.3 Å². The van der Waals surface area contributed by atoms with Crippen molar-refractivity contribution >= 4 is 5.91 Å². The zero-order chi connectivity index (χ0) is 21.3. The molecule has 0 N–H and O–H groups in total. The number of hydrogen-bond donors (Lipinski definition) is 0. The van der Waals surface area contributed by atoms with Crippen LogP contribution in [0.4, 0.5) is 4.39 Å². The Labute approximate surface area is 180 Å². The Morgan fingerprint density at radius 1 is 1.17 bits per heavy atom. The van der Waals surface area contributed by atoms with Crippen molar-refractivity contribution in [3.63, 3.8) is 0 Å². The van der Waals surface area contributed by atoms with E-state index in [0.29, 0.717) is 19.6 Å². The summed E-state index contributed by atoms with van der Waals surface area (Å²) in [5, 5.41) is 9.19. The number of likely N-dealkylation sites (N-methyl/N-ethyl adjacent to an activating group) is 1. The number of carbonyl (C=O) groups is 1. The second-order valence-electron chi connectivity index (χ2n) is 10.1. The van der Waals surface area contributed by atoms with Crippen molar-refractivity contribution in [2.24, 2.45) is 23.7 Å². The first kappa shape index (κ1) is 21.3. The Bertz CT molecular complexity index is 764. The van der Waals surface area contributed by atoms with Gasteiger partial charge >= 0.3 is 0 Å². The Kier molecular flexibility index (Phi) is 6.16. The summed E-state index contributed by atoms with van der Waals surface area (Å²) in [6.45, 7) is 6.23. The smallest absolute Gasteiger partial charge is 0.237 e. The SMILES string of the molecule is CCN(CC(=O)N(Cc1ccc(F)cc1)C12CC3CC(CC(C3)C1)C2)CC(C)C#N. The molecule has 0 saturated heterocycles. The summed E-state index contributed by atoms with van der Waals surface area (Å²) in [7, 11) is 0. The minimum Gasteiger partial charge on any atom is -0.332 e. The molecule has 30 heavy (non-hydrogen) atoms. The van der Waals surface area contributed by atoms with E-state index < -0.39 is 0 Å². The van der Waals surface area contributed by atoms with Crippen molar-refractivity contribution in [1.29, 1.82) is 5.26 Å². The summed E-state index contributed by atoms with van der Waals surface area (Å²) in [5.74, 6) is 2.08. The third-order valence-corrected chi connectivity index (χ3v) is 7.69. The molecule has 1 aromatic rings. The molecule has 1 atom stereocenters. The van der Waals surface area contributed by atoms with E-state index in [4.69, 9.17) is 0 Å². The first-order valence-electron chi connectivity index (χ1n) is 11.6. The van der Waals surface area contributed by atoms with Gasteiger partial charge in [0.2, 0.25) is 5.91 Å². The maximum absolute atomic E-state index is 13.7. The van der Waals surface area contributed by atoms with Gasteiger partial charge in [0.15, 0.2) is 0 Å². The van der Waals surface area contributed by atoms with Crippen molar-refractivity contribution in [3.8, 4) is 6.07 Å². The highest BCUT2D eigenvalue weighted by atomic mass is 19.1. The molecule has 0 aromatic heterocycles. The first-order valence-corrected chi connectivity index (χ1v) is 11.6. The molecule has 162 valence electrons. The van der Waals surface area contributed by atoms with Crippen LogP contribution >= 0.6 is 0 Å². The van der Waals surface area contributed by atoms with Gasteiger partial charge < -0.3 is 4.90 Å². The van der Waals surface area contributed by atoms with Gasteiger partial charge in [-0.15, -0.1) is 0 Å². The highest BCUT2D eigenvalue weighted by Crippen LogP contribution is 2.58. The topological polar surface area (TPSA) is 47.3 Å². The molecule has 0 spiro atoms. The number of nitrogens with zero attached hydrogens (tertiary/aromatic N) is 3. The molecule has 4 saturated carbocycles. The van der Waals surface area contributed by atoms with Gasteiger partial charge in [0, 0.05) is 18.6 Å². The van der Waals surface area contributed by atoms with Gasteiger partial charge in [0.25, 0.3) is 0 Å². The van der Waals surface area contributed by atoms with Gasteiger partial charge in [-0.3, -0.25) is 9.69 Å². The number of carbonyl (C=O) groups excluding carboxylic acids is 1. The molecule has 4 fully saturated rings. The molecule has 4 aliphatic carbocycles. The minimum atomic E-state index is -0.242. The van der Waals surface area contributed by atoms with Crippen molar-refractivity contribution in [2.75, 3.05) is 19.6 Å². The van der Waals surface area contributed by atoms with Gasteiger partial charge in [-0.25, -0.2) is 4.39 Å². The van der Waals surface area contributed by atoms with Gasteiger partial charge in [-0.2, -0.15) is 5.26 Å². The molecule has 5 rings (SSSR count). The normalized spacial score (nSPS) is 30.3. The molecule has 1 unspecified atom stereocenters. The highest BCUT2D eigenvalue weighted by Gasteiger charge is 2.54. The van der Waals surface area contributed by atoms with Crippen LogP contribution in [0.1, 0.15) is 57.9 Å². The summed E-state index contributed by atoms with van der Waals surface area (Å²) in [4.78, 5) is 17.9. The fraction of sp³-hybridized carbons (Fsp3) is 0.680. The fourth-order valence-corrected chi connectivity index (χ4v) is 6.70. The van der Waals surface area contributed by atoms with E-state index in [1.165, 1.54) is 31.4 Å². The largest absolute Gasteiger partial charge is 0.332 e. The highest BCUT2D eigenvalue weighted by molar-refractivity contribution is 5.79. The van der Waals surface area contributed by atoms with Crippen molar-refractivity contribution < 1.29 is 9.18 Å². The summed E-state index contributed by atoms with van der Waals surface area (Å²) in [6.07, 6.45) is 7.35. The molecular weight excluding hydrogens is 377 g/mol. The predicted molar refractivity (Wildman–Crippen MR) is 115 cm³/mol. The second-order valence-corrected chi connectivity index (χ2v) is 10.1. The summed E-state index contributed by atoms with van der Waals surface area (Å²) < 4.78 is 13.5. The van der Waals surface area contributed by atoms with E-state index in [0.717, 1.165) is 49.1 Å².